The highest BCUT2D eigenvalue weighted by atomic mass is 16.7. The Morgan fingerprint density at radius 1 is 1.50 bits per heavy atom. The Morgan fingerprint density at radius 2 is 2.14 bits per heavy atom. The normalized spacial score (nSPS) is 13.9. The Hall–Kier alpha value is -0.830. The molecule has 0 aromatic rings. The summed E-state index contributed by atoms with van der Waals surface area (Å²) in [5.41, 5.74) is 0.697. The first-order chi connectivity index (χ1) is 6.60. The fourth-order valence-electron chi connectivity index (χ4n) is 0.848. The predicted molar refractivity (Wildman–Crippen MR) is 54.5 cm³/mol. The van der Waals surface area contributed by atoms with E-state index in [2.05, 4.69) is 0 Å². The summed E-state index contributed by atoms with van der Waals surface area (Å²) >= 11 is 0. The van der Waals surface area contributed by atoms with Gasteiger partial charge in [-0.15, -0.1) is 0 Å². The average molecular weight is 198 g/mol. The van der Waals surface area contributed by atoms with Crippen molar-refractivity contribution in [3.05, 3.63) is 18.6 Å². The quantitative estimate of drug-likeness (QED) is 0.485. The molecule has 2 radical (unpaired) electrons. The Kier molecular flexibility index (Phi) is 7.11. The van der Waals surface area contributed by atoms with Gasteiger partial charge in [0, 0.05) is 19.4 Å². The minimum Gasteiger partial charge on any atom is -0.435 e. The van der Waals surface area contributed by atoms with E-state index in [9.17, 15) is 4.79 Å². The van der Waals surface area contributed by atoms with Crippen molar-refractivity contribution in [2.45, 2.75) is 39.9 Å². The van der Waals surface area contributed by atoms with Crippen molar-refractivity contribution in [2.75, 3.05) is 6.61 Å². The zero-order valence-corrected chi connectivity index (χ0v) is 9.08. The first-order valence-electron chi connectivity index (χ1n) is 4.83. The summed E-state index contributed by atoms with van der Waals surface area (Å²) in [6.45, 7) is 11.4. The van der Waals surface area contributed by atoms with Crippen LogP contribution in [0.3, 0.4) is 0 Å². The molecule has 0 aliphatic heterocycles. The number of ether oxygens (including phenoxy) is 2. The molecule has 1 atom stereocenters. The number of esters is 1. The minimum atomic E-state index is -0.508. The van der Waals surface area contributed by atoms with Crippen LogP contribution in [-0.2, 0) is 14.3 Å². The lowest BCUT2D eigenvalue weighted by Crippen LogP contribution is -2.20. The molecular weight excluding hydrogens is 180 g/mol. The number of hydrogen-bond donors (Lipinski definition) is 0. The summed E-state index contributed by atoms with van der Waals surface area (Å²) in [4.78, 5) is 11.0. The number of allylic oxidation sites excluding steroid dienone is 1. The van der Waals surface area contributed by atoms with E-state index >= 15 is 0 Å². The molecule has 14 heavy (non-hydrogen) atoms. The van der Waals surface area contributed by atoms with Gasteiger partial charge in [0.25, 0.3) is 0 Å². The molecule has 0 rings (SSSR count). The SMILES string of the molecule is [CH]C(C)=CCC(OCC)OC(=O)CC. The number of carbonyl (C=O) groups is 1. The van der Waals surface area contributed by atoms with Gasteiger partial charge in [-0.3, -0.25) is 4.79 Å². The lowest BCUT2D eigenvalue weighted by Gasteiger charge is -2.15. The lowest BCUT2D eigenvalue weighted by molar-refractivity contribution is -0.176. The van der Waals surface area contributed by atoms with Crippen LogP contribution in [0.15, 0.2) is 11.6 Å². The van der Waals surface area contributed by atoms with Gasteiger partial charge in [-0.1, -0.05) is 18.6 Å². The topological polar surface area (TPSA) is 35.5 Å². The molecule has 0 saturated carbocycles. The van der Waals surface area contributed by atoms with Crippen molar-refractivity contribution in [3.63, 3.8) is 0 Å². The Morgan fingerprint density at radius 3 is 2.57 bits per heavy atom. The van der Waals surface area contributed by atoms with Crippen LogP contribution in [0, 0.1) is 6.92 Å². The average Bonchev–Trinajstić information content (AvgIpc) is 2.14. The first kappa shape index (κ1) is 13.2. The molecule has 0 aromatic heterocycles. The summed E-state index contributed by atoms with van der Waals surface area (Å²) in [6, 6.07) is 0. The molecule has 0 aliphatic carbocycles. The van der Waals surface area contributed by atoms with E-state index in [0.717, 1.165) is 0 Å². The first-order valence-corrected chi connectivity index (χ1v) is 4.83. The molecule has 3 nitrogen and oxygen atoms in total. The largest absolute Gasteiger partial charge is 0.435 e. The standard InChI is InChI=1S/C11H18O3/c1-5-10(12)14-11(13-6-2)8-7-9(3)4/h3,7,11H,5-6,8H2,1-2,4H3. The van der Waals surface area contributed by atoms with Crippen molar-refractivity contribution in [1.82, 2.24) is 0 Å². The van der Waals surface area contributed by atoms with E-state index in [1.54, 1.807) is 19.9 Å². The second-order valence-electron chi connectivity index (χ2n) is 2.91. The van der Waals surface area contributed by atoms with Crippen LogP contribution in [-0.4, -0.2) is 18.9 Å². The molecule has 0 heterocycles. The molecule has 3 heteroatoms. The molecule has 0 amide bonds. The Balaban J connectivity index is 4.01. The monoisotopic (exact) mass is 198 g/mol. The Labute approximate surface area is 86.1 Å². The van der Waals surface area contributed by atoms with Crippen molar-refractivity contribution in [1.29, 1.82) is 0 Å². The summed E-state index contributed by atoms with van der Waals surface area (Å²) in [5, 5.41) is 0. The molecule has 0 saturated heterocycles. The van der Waals surface area contributed by atoms with Gasteiger partial charge in [-0.2, -0.15) is 0 Å². The Bertz CT molecular complexity index is 193. The highest BCUT2D eigenvalue weighted by molar-refractivity contribution is 5.68. The van der Waals surface area contributed by atoms with Gasteiger partial charge < -0.3 is 9.47 Å². The van der Waals surface area contributed by atoms with E-state index in [0.29, 0.717) is 25.0 Å². The second kappa shape index (κ2) is 7.56. The van der Waals surface area contributed by atoms with Gasteiger partial charge in [0.05, 0.1) is 0 Å². The predicted octanol–water partition coefficient (Wildman–Crippen LogP) is 2.35. The maximum Gasteiger partial charge on any atom is 0.307 e. The van der Waals surface area contributed by atoms with Gasteiger partial charge in [-0.05, 0) is 20.8 Å². The van der Waals surface area contributed by atoms with Gasteiger partial charge in [-0.25, -0.2) is 0 Å². The number of rotatable bonds is 6. The number of hydrogen-bond acceptors (Lipinski definition) is 3. The molecule has 0 aromatic carbocycles. The zero-order valence-electron chi connectivity index (χ0n) is 9.08. The maximum atomic E-state index is 11.0. The van der Waals surface area contributed by atoms with Crippen LogP contribution in [0.1, 0.15) is 33.6 Å². The van der Waals surface area contributed by atoms with Gasteiger partial charge in [0.15, 0.2) is 0 Å². The highest BCUT2D eigenvalue weighted by Gasteiger charge is 2.11. The van der Waals surface area contributed by atoms with Crippen molar-refractivity contribution >= 4 is 5.97 Å². The van der Waals surface area contributed by atoms with E-state index in [4.69, 9.17) is 16.4 Å². The second-order valence-corrected chi connectivity index (χ2v) is 2.91. The third-order valence-corrected chi connectivity index (χ3v) is 1.54. The molecular formula is C11H18O3. The van der Waals surface area contributed by atoms with Crippen molar-refractivity contribution < 1.29 is 14.3 Å². The molecule has 0 fully saturated rings. The molecule has 0 aliphatic rings. The van der Waals surface area contributed by atoms with Crippen molar-refractivity contribution in [3.8, 4) is 0 Å². The third kappa shape index (κ3) is 6.66. The molecule has 0 bridgehead atoms. The summed E-state index contributed by atoms with van der Waals surface area (Å²) in [5.74, 6) is -0.258. The fourth-order valence-corrected chi connectivity index (χ4v) is 0.848. The van der Waals surface area contributed by atoms with E-state index in [1.807, 2.05) is 6.92 Å². The van der Waals surface area contributed by atoms with E-state index < -0.39 is 6.29 Å². The fraction of sp³-hybridized carbons (Fsp3) is 0.636. The van der Waals surface area contributed by atoms with E-state index in [1.165, 1.54) is 0 Å². The van der Waals surface area contributed by atoms with Crippen LogP contribution in [0.2, 0.25) is 0 Å². The molecule has 80 valence electrons. The number of carbonyl (C=O) groups excluding carboxylic acids is 1. The highest BCUT2D eigenvalue weighted by Crippen LogP contribution is 2.05. The van der Waals surface area contributed by atoms with Gasteiger partial charge in [0.1, 0.15) is 0 Å². The molecule has 0 spiro atoms. The van der Waals surface area contributed by atoms with Gasteiger partial charge >= 0.3 is 5.97 Å². The summed E-state index contributed by atoms with van der Waals surface area (Å²) < 4.78 is 10.3. The maximum absolute atomic E-state index is 11.0. The van der Waals surface area contributed by atoms with Crippen LogP contribution in [0.5, 0.6) is 0 Å². The molecule has 0 N–H and O–H groups in total. The van der Waals surface area contributed by atoms with E-state index in [-0.39, 0.29) is 5.97 Å². The third-order valence-electron chi connectivity index (χ3n) is 1.54. The van der Waals surface area contributed by atoms with Crippen LogP contribution in [0.25, 0.3) is 0 Å². The van der Waals surface area contributed by atoms with Gasteiger partial charge in [0.2, 0.25) is 6.29 Å². The van der Waals surface area contributed by atoms with Crippen LogP contribution in [0.4, 0.5) is 0 Å². The van der Waals surface area contributed by atoms with Crippen LogP contribution < -0.4 is 0 Å². The lowest BCUT2D eigenvalue weighted by atomic mass is 10.2. The summed E-state index contributed by atoms with van der Waals surface area (Å²) in [7, 11) is 0. The van der Waals surface area contributed by atoms with Crippen LogP contribution >= 0.6 is 0 Å². The zero-order chi connectivity index (χ0) is 11.0. The van der Waals surface area contributed by atoms with Crippen molar-refractivity contribution in [2.24, 2.45) is 0 Å². The molecule has 1 unspecified atom stereocenters. The smallest absolute Gasteiger partial charge is 0.307 e. The summed E-state index contributed by atoms with van der Waals surface area (Å²) in [6.07, 6.45) is 2.13. The minimum absolute atomic E-state index is 0.258.